The fraction of sp³-hybridized carbons (Fsp3) is 0.733. The van der Waals surface area contributed by atoms with E-state index in [1.54, 1.807) is 0 Å². The first-order chi connectivity index (χ1) is 12.1. The SMILES string of the molecule is CCC(C)C(N)C(=O)NC(CS)C(=O)NC(CS)C(=O)NC(C)C(=O)O. The predicted octanol–water partition coefficient (Wildman–Crippen LogP) is -1.22. The zero-order valence-corrected chi connectivity index (χ0v) is 16.8. The van der Waals surface area contributed by atoms with Gasteiger partial charge in [-0.25, -0.2) is 0 Å². The largest absolute Gasteiger partial charge is 0.480 e. The number of thiol groups is 2. The summed E-state index contributed by atoms with van der Waals surface area (Å²) in [5.74, 6) is -3.14. The van der Waals surface area contributed by atoms with Gasteiger partial charge in [-0.2, -0.15) is 25.3 Å². The summed E-state index contributed by atoms with van der Waals surface area (Å²) in [6, 6.07) is -3.94. The Morgan fingerprint density at radius 1 is 0.923 bits per heavy atom. The molecule has 0 radical (unpaired) electrons. The van der Waals surface area contributed by atoms with E-state index >= 15 is 0 Å². The number of carbonyl (C=O) groups is 4. The Balaban J connectivity index is 4.87. The molecule has 0 aliphatic heterocycles. The van der Waals surface area contributed by atoms with Crippen LogP contribution < -0.4 is 21.7 Å². The molecule has 0 bridgehead atoms. The van der Waals surface area contributed by atoms with E-state index in [1.165, 1.54) is 6.92 Å². The number of nitrogens with one attached hydrogen (secondary N) is 3. The average Bonchev–Trinajstić information content (AvgIpc) is 2.61. The summed E-state index contributed by atoms with van der Waals surface area (Å²) in [4.78, 5) is 47.3. The minimum absolute atomic E-state index is 0.00274. The molecule has 0 aromatic heterocycles. The second-order valence-corrected chi connectivity index (χ2v) is 6.70. The normalized spacial score (nSPS) is 16.5. The average molecular weight is 409 g/mol. The summed E-state index contributed by atoms with van der Waals surface area (Å²) in [6.45, 7) is 5.02. The van der Waals surface area contributed by atoms with Crippen LogP contribution in [0.2, 0.25) is 0 Å². The number of carboxylic acid groups (broad SMARTS) is 1. The van der Waals surface area contributed by atoms with Crippen molar-refractivity contribution in [2.24, 2.45) is 11.7 Å². The van der Waals surface area contributed by atoms with Crippen molar-refractivity contribution in [3.63, 3.8) is 0 Å². The van der Waals surface area contributed by atoms with Crippen molar-refractivity contribution in [3.8, 4) is 0 Å². The van der Waals surface area contributed by atoms with Gasteiger partial charge in [0, 0.05) is 11.5 Å². The van der Waals surface area contributed by atoms with Gasteiger partial charge >= 0.3 is 5.97 Å². The van der Waals surface area contributed by atoms with Crippen LogP contribution in [0.25, 0.3) is 0 Å². The van der Waals surface area contributed by atoms with Crippen molar-refractivity contribution >= 4 is 48.9 Å². The van der Waals surface area contributed by atoms with Crippen LogP contribution in [0.5, 0.6) is 0 Å². The Labute approximate surface area is 164 Å². The third-order valence-corrected chi connectivity index (χ3v) is 4.65. The molecule has 5 atom stereocenters. The maximum Gasteiger partial charge on any atom is 0.325 e. The van der Waals surface area contributed by atoms with E-state index in [0.717, 1.165) is 0 Å². The van der Waals surface area contributed by atoms with Crippen molar-refractivity contribution in [1.82, 2.24) is 16.0 Å². The van der Waals surface area contributed by atoms with E-state index in [4.69, 9.17) is 10.8 Å². The fourth-order valence-electron chi connectivity index (χ4n) is 1.82. The van der Waals surface area contributed by atoms with Crippen molar-refractivity contribution in [2.45, 2.75) is 51.4 Å². The van der Waals surface area contributed by atoms with Gasteiger partial charge in [-0.3, -0.25) is 19.2 Å². The zero-order valence-electron chi connectivity index (χ0n) is 15.1. The summed E-state index contributed by atoms with van der Waals surface area (Å²) < 4.78 is 0. The summed E-state index contributed by atoms with van der Waals surface area (Å²) in [6.07, 6.45) is 0.704. The highest BCUT2D eigenvalue weighted by Gasteiger charge is 2.29. The molecule has 0 aromatic carbocycles. The van der Waals surface area contributed by atoms with Crippen molar-refractivity contribution in [3.05, 3.63) is 0 Å². The molecule has 0 fully saturated rings. The third-order valence-electron chi connectivity index (χ3n) is 3.92. The van der Waals surface area contributed by atoms with Crippen LogP contribution in [0.15, 0.2) is 0 Å². The molecule has 0 rings (SSSR count). The van der Waals surface area contributed by atoms with E-state index in [-0.39, 0.29) is 17.4 Å². The molecular weight excluding hydrogens is 380 g/mol. The molecule has 9 nitrogen and oxygen atoms in total. The second kappa shape index (κ2) is 12.0. The number of hydrogen-bond acceptors (Lipinski definition) is 7. The zero-order chi connectivity index (χ0) is 20.4. The lowest BCUT2D eigenvalue weighted by Crippen LogP contribution is -2.58. The number of aliphatic carboxylic acids is 1. The third kappa shape index (κ3) is 7.83. The second-order valence-electron chi connectivity index (χ2n) is 5.97. The molecule has 150 valence electrons. The predicted molar refractivity (Wildman–Crippen MR) is 104 cm³/mol. The van der Waals surface area contributed by atoms with Gasteiger partial charge in [0.25, 0.3) is 0 Å². The first-order valence-electron chi connectivity index (χ1n) is 8.20. The molecule has 3 amide bonds. The highest BCUT2D eigenvalue weighted by atomic mass is 32.1. The lowest BCUT2D eigenvalue weighted by molar-refractivity contribution is -0.141. The quantitative estimate of drug-likeness (QED) is 0.213. The van der Waals surface area contributed by atoms with Crippen molar-refractivity contribution in [2.75, 3.05) is 11.5 Å². The van der Waals surface area contributed by atoms with Crippen LogP contribution in [0.1, 0.15) is 27.2 Å². The molecule has 0 saturated heterocycles. The van der Waals surface area contributed by atoms with Gasteiger partial charge in [0.15, 0.2) is 0 Å². The van der Waals surface area contributed by atoms with E-state index < -0.39 is 47.9 Å². The minimum atomic E-state index is -1.21. The molecule has 26 heavy (non-hydrogen) atoms. The van der Waals surface area contributed by atoms with E-state index in [2.05, 4.69) is 41.2 Å². The molecule has 0 aliphatic carbocycles. The molecule has 6 N–H and O–H groups in total. The Hall–Kier alpha value is -1.46. The van der Waals surface area contributed by atoms with E-state index in [0.29, 0.717) is 6.42 Å². The monoisotopic (exact) mass is 408 g/mol. The van der Waals surface area contributed by atoms with Gasteiger partial charge in [-0.15, -0.1) is 0 Å². The van der Waals surface area contributed by atoms with Crippen LogP contribution in [-0.2, 0) is 19.2 Å². The first-order valence-corrected chi connectivity index (χ1v) is 9.46. The molecule has 5 unspecified atom stereocenters. The molecule has 0 heterocycles. The van der Waals surface area contributed by atoms with Crippen molar-refractivity contribution in [1.29, 1.82) is 0 Å². The maximum atomic E-state index is 12.3. The van der Waals surface area contributed by atoms with Gasteiger partial charge in [0.1, 0.15) is 18.1 Å². The highest BCUT2D eigenvalue weighted by molar-refractivity contribution is 7.80. The topological polar surface area (TPSA) is 151 Å². The van der Waals surface area contributed by atoms with Crippen LogP contribution in [-0.4, -0.2) is 64.5 Å². The van der Waals surface area contributed by atoms with Crippen LogP contribution in [0, 0.1) is 5.92 Å². The van der Waals surface area contributed by atoms with E-state index in [9.17, 15) is 19.2 Å². The summed E-state index contributed by atoms with van der Waals surface area (Å²) in [5, 5.41) is 16.0. The van der Waals surface area contributed by atoms with Crippen LogP contribution in [0.3, 0.4) is 0 Å². The Bertz CT molecular complexity index is 520. The maximum absolute atomic E-state index is 12.3. The standard InChI is InChI=1S/C15H28N4O5S2/c1-4-7(2)11(16)14(22)19-10(6-26)13(21)18-9(5-25)12(20)17-8(3)15(23)24/h7-11,25-26H,4-6,16H2,1-3H3,(H,17,20)(H,18,21)(H,19,22)(H,23,24). The number of rotatable bonds is 11. The van der Waals surface area contributed by atoms with Crippen molar-refractivity contribution < 1.29 is 24.3 Å². The molecular formula is C15H28N4O5S2. The first kappa shape index (κ1) is 24.5. The molecule has 11 heteroatoms. The molecule has 0 aromatic rings. The Kier molecular flexibility index (Phi) is 11.3. The Morgan fingerprint density at radius 3 is 1.73 bits per heavy atom. The lowest BCUT2D eigenvalue weighted by atomic mass is 9.99. The molecule has 0 saturated carbocycles. The number of amides is 3. The fourth-order valence-corrected chi connectivity index (χ4v) is 2.33. The number of nitrogens with two attached hydrogens (primary N) is 1. The van der Waals surface area contributed by atoms with Crippen LogP contribution >= 0.6 is 25.3 Å². The molecule has 0 spiro atoms. The summed E-state index contributed by atoms with van der Waals surface area (Å²) in [7, 11) is 0. The van der Waals surface area contributed by atoms with Gasteiger partial charge < -0.3 is 26.8 Å². The molecule has 0 aliphatic rings. The van der Waals surface area contributed by atoms with Gasteiger partial charge in [0.05, 0.1) is 6.04 Å². The summed E-state index contributed by atoms with van der Waals surface area (Å²) in [5.41, 5.74) is 5.83. The van der Waals surface area contributed by atoms with Gasteiger partial charge in [-0.05, 0) is 12.8 Å². The smallest absolute Gasteiger partial charge is 0.325 e. The number of hydrogen-bond donors (Lipinski definition) is 7. The van der Waals surface area contributed by atoms with Gasteiger partial charge in [-0.1, -0.05) is 20.3 Å². The van der Waals surface area contributed by atoms with E-state index in [1.807, 2.05) is 13.8 Å². The number of carboxylic acids is 1. The summed E-state index contributed by atoms with van der Waals surface area (Å²) >= 11 is 8.04. The number of carbonyl (C=O) groups excluding carboxylic acids is 3. The minimum Gasteiger partial charge on any atom is -0.480 e. The van der Waals surface area contributed by atoms with Gasteiger partial charge in [0.2, 0.25) is 17.7 Å². The van der Waals surface area contributed by atoms with Crippen LogP contribution in [0.4, 0.5) is 0 Å². The Morgan fingerprint density at radius 2 is 1.35 bits per heavy atom. The highest BCUT2D eigenvalue weighted by Crippen LogP contribution is 2.06. The lowest BCUT2D eigenvalue weighted by Gasteiger charge is -2.24.